The summed E-state index contributed by atoms with van der Waals surface area (Å²) in [6.07, 6.45) is 2.33. The zero-order valence-corrected chi connectivity index (χ0v) is 13.0. The Labute approximate surface area is 121 Å². The first-order chi connectivity index (χ1) is 9.02. The van der Waals surface area contributed by atoms with Gasteiger partial charge >= 0.3 is 0 Å². The molecule has 1 heterocycles. The van der Waals surface area contributed by atoms with Crippen LogP contribution in [0.15, 0.2) is 12.1 Å². The Morgan fingerprint density at radius 1 is 1.26 bits per heavy atom. The fourth-order valence-corrected chi connectivity index (χ4v) is 3.16. The van der Waals surface area contributed by atoms with Gasteiger partial charge < -0.3 is 14.5 Å². The molecule has 1 aromatic rings. The van der Waals surface area contributed by atoms with Crippen LogP contribution in [-0.4, -0.2) is 45.2 Å². The predicted octanol–water partition coefficient (Wildman–Crippen LogP) is 3.19. The van der Waals surface area contributed by atoms with Crippen LogP contribution in [0.3, 0.4) is 0 Å². The molecule has 0 unspecified atom stereocenters. The summed E-state index contributed by atoms with van der Waals surface area (Å²) < 4.78 is 5.50. The molecule has 0 bridgehead atoms. The van der Waals surface area contributed by atoms with Crippen LogP contribution in [0.4, 0.5) is 5.69 Å². The smallest absolute Gasteiger partial charge is 0.143 e. The van der Waals surface area contributed by atoms with Crippen molar-refractivity contribution in [2.75, 3.05) is 39.2 Å². The number of nitrogens with zero attached hydrogens (tertiary/aromatic N) is 2. The molecular formula is C15H23ClN2O. The monoisotopic (exact) mass is 282 g/mol. The summed E-state index contributed by atoms with van der Waals surface area (Å²) in [5, 5.41) is 0.792. The van der Waals surface area contributed by atoms with E-state index in [4.69, 9.17) is 16.3 Å². The molecule has 3 nitrogen and oxygen atoms in total. The van der Waals surface area contributed by atoms with E-state index in [2.05, 4.69) is 30.0 Å². The molecule has 0 radical (unpaired) electrons. The van der Waals surface area contributed by atoms with Crippen molar-refractivity contribution >= 4 is 17.3 Å². The number of methoxy groups -OCH3 is 1. The van der Waals surface area contributed by atoms with Crippen molar-refractivity contribution in [3.63, 3.8) is 0 Å². The summed E-state index contributed by atoms with van der Waals surface area (Å²) in [4.78, 5) is 4.66. The minimum absolute atomic E-state index is 0.673. The third-order valence-corrected chi connectivity index (χ3v) is 4.19. The van der Waals surface area contributed by atoms with E-state index in [0.29, 0.717) is 6.04 Å². The topological polar surface area (TPSA) is 15.7 Å². The molecule has 19 heavy (non-hydrogen) atoms. The number of halogens is 1. The van der Waals surface area contributed by atoms with Gasteiger partial charge in [-0.25, -0.2) is 0 Å². The van der Waals surface area contributed by atoms with Gasteiger partial charge in [-0.2, -0.15) is 0 Å². The van der Waals surface area contributed by atoms with E-state index in [-0.39, 0.29) is 0 Å². The van der Waals surface area contributed by atoms with Gasteiger partial charge in [0.05, 0.1) is 17.8 Å². The number of piperidine rings is 1. The molecule has 2 rings (SSSR count). The van der Waals surface area contributed by atoms with E-state index in [9.17, 15) is 0 Å². The second-order valence-corrected chi connectivity index (χ2v) is 5.89. The Morgan fingerprint density at radius 3 is 2.42 bits per heavy atom. The molecular weight excluding hydrogens is 260 g/mol. The zero-order chi connectivity index (χ0) is 14.0. The Balaban J connectivity index is 2.19. The number of ether oxygens (including phenoxy) is 1. The van der Waals surface area contributed by atoms with E-state index in [1.54, 1.807) is 7.11 Å². The lowest BCUT2D eigenvalue weighted by atomic mass is 10.0. The van der Waals surface area contributed by atoms with E-state index in [1.165, 1.54) is 12.8 Å². The molecule has 0 spiro atoms. The van der Waals surface area contributed by atoms with Gasteiger partial charge in [-0.1, -0.05) is 11.6 Å². The molecule has 0 aromatic heterocycles. The summed E-state index contributed by atoms with van der Waals surface area (Å²) in [7, 11) is 6.01. The van der Waals surface area contributed by atoms with Gasteiger partial charge in [-0.15, -0.1) is 0 Å². The molecule has 4 heteroatoms. The van der Waals surface area contributed by atoms with E-state index >= 15 is 0 Å². The standard InChI is InChI=1S/C15H23ClN2O/c1-11-9-13(16)15(14(10-11)19-4)18-7-5-12(6-8-18)17(2)3/h9-10,12H,5-8H2,1-4H3. The largest absolute Gasteiger partial charge is 0.495 e. The van der Waals surface area contributed by atoms with Gasteiger partial charge in [-0.3, -0.25) is 0 Å². The van der Waals surface area contributed by atoms with E-state index < -0.39 is 0 Å². The van der Waals surface area contributed by atoms with Crippen LogP contribution in [0.25, 0.3) is 0 Å². The Morgan fingerprint density at radius 2 is 1.89 bits per heavy atom. The van der Waals surface area contributed by atoms with Crippen LogP contribution in [-0.2, 0) is 0 Å². The number of hydrogen-bond donors (Lipinski definition) is 0. The number of rotatable bonds is 3. The molecule has 1 saturated heterocycles. The van der Waals surface area contributed by atoms with Crippen molar-refractivity contribution in [1.82, 2.24) is 4.90 Å². The second kappa shape index (κ2) is 6.02. The molecule has 1 fully saturated rings. The number of benzene rings is 1. The maximum absolute atomic E-state index is 6.41. The molecule has 0 saturated carbocycles. The molecule has 106 valence electrons. The maximum Gasteiger partial charge on any atom is 0.143 e. The Bertz CT molecular complexity index is 440. The quantitative estimate of drug-likeness (QED) is 0.847. The first-order valence-corrected chi connectivity index (χ1v) is 7.16. The van der Waals surface area contributed by atoms with Crippen molar-refractivity contribution in [3.05, 3.63) is 22.7 Å². The lowest BCUT2D eigenvalue weighted by Crippen LogP contribution is -2.42. The number of aryl methyl sites for hydroxylation is 1. The van der Waals surface area contributed by atoms with Crippen LogP contribution in [0.5, 0.6) is 5.75 Å². The van der Waals surface area contributed by atoms with Gasteiger partial charge in [0.2, 0.25) is 0 Å². The van der Waals surface area contributed by atoms with Gasteiger partial charge in [0.15, 0.2) is 0 Å². The highest BCUT2D eigenvalue weighted by molar-refractivity contribution is 6.33. The minimum atomic E-state index is 0.673. The highest BCUT2D eigenvalue weighted by Gasteiger charge is 2.24. The summed E-state index contributed by atoms with van der Waals surface area (Å²) in [6, 6.07) is 4.74. The van der Waals surface area contributed by atoms with Gasteiger partial charge in [-0.05, 0) is 51.6 Å². The molecule has 0 aliphatic carbocycles. The van der Waals surface area contributed by atoms with Crippen LogP contribution in [0.1, 0.15) is 18.4 Å². The average molecular weight is 283 g/mol. The van der Waals surface area contributed by atoms with Gasteiger partial charge in [0, 0.05) is 19.1 Å². The Hall–Kier alpha value is -0.930. The lowest BCUT2D eigenvalue weighted by Gasteiger charge is -2.37. The molecule has 1 aliphatic heterocycles. The lowest BCUT2D eigenvalue weighted by molar-refractivity contribution is 0.249. The van der Waals surface area contributed by atoms with Crippen molar-refractivity contribution in [1.29, 1.82) is 0 Å². The number of anilines is 1. The number of hydrogen-bond acceptors (Lipinski definition) is 3. The first kappa shape index (κ1) is 14.5. The van der Waals surface area contributed by atoms with E-state index in [0.717, 1.165) is 35.1 Å². The van der Waals surface area contributed by atoms with Crippen molar-refractivity contribution in [3.8, 4) is 5.75 Å². The van der Waals surface area contributed by atoms with Gasteiger partial charge in [0.25, 0.3) is 0 Å². The molecule has 0 amide bonds. The third-order valence-electron chi connectivity index (χ3n) is 3.90. The molecule has 1 aromatic carbocycles. The van der Waals surface area contributed by atoms with Crippen LogP contribution >= 0.6 is 11.6 Å². The second-order valence-electron chi connectivity index (χ2n) is 5.48. The highest BCUT2D eigenvalue weighted by Crippen LogP contribution is 2.38. The van der Waals surface area contributed by atoms with Crippen LogP contribution < -0.4 is 9.64 Å². The SMILES string of the molecule is COc1cc(C)cc(Cl)c1N1CCC(N(C)C)CC1. The molecule has 0 N–H and O–H groups in total. The Kier molecular flexibility index (Phi) is 4.58. The van der Waals surface area contributed by atoms with E-state index in [1.807, 2.05) is 13.0 Å². The van der Waals surface area contributed by atoms with Crippen molar-refractivity contribution in [2.45, 2.75) is 25.8 Å². The first-order valence-electron chi connectivity index (χ1n) is 6.78. The van der Waals surface area contributed by atoms with Gasteiger partial charge in [0.1, 0.15) is 5.75 Å². The molecule has 1 aliphatic rings. The molecule has 0 atom stereocenters. The summed E-state index contributed by atoms with van der Waals surface area (Å²) >= 11 is 6.41. The van der Waals surface area contributed by atoms with Crippen molar-refractivity contribution < 1.29 is 4.74 Å². The minimum Gasteiger partial charge on any atom is -0.495 e. The third kappa shape index (κ3) is 3.15. The average Bonchev–Trinajstić information content (AvgIpc) is 2.38. The van der Waals surface area contributed by atoms with Crippen molar-refractivity contribution in [2.24, 2.45) is 0 Å². The maximum atomic E-state index is 6.41. The summed E-state index contributed by atoms with van der Waals surface area (Å²) in [6.45, 7) is 4.10. The van der Waals surface area contributed by atoms with Crippen LogP contribution in [0.2, 0.25) is 5.02 Å². The highest BCUT2D eigenvalue weighted by atomic mass is 35.5. The zero-order valence-electron chi connectivity index (χ0n) is 12.2. The van der Waals surface area contributed by atoms with Crippen LogP contribution in [0, 0.1) is 6.92 Å². The predicted molar refractivity (Wildman–Crippen MR) is 81.7 cm³/mol. The summed E-state index contributed by atoms with van der Waals surface area (Å²) in [5.74, 6) is 0.883. The normalized spacial score (nSPS) is 17.1. The fourth-order valence-electron chi connectivity index (χ4n) is 2.77. The summed E-state index contributed by atoms with van der Waals surface area (Å²) in [5.41, 5.74) is 2.18. The fraction of sp³-hybridized carbons (Fsp3) is 0.600.